The first-order valence-electron chi connectivity index (χ1n) is 6.19. The molecule has 18 heavy (non-hydrogen) atoms. The Labute approximate surface area is 110 Å². The maximum Gasteiger partial charge on any atom is 0.186 e. The molecule has 1 aliphatic rings. The van der Waals surface area contributed by atoms with E-state index in [1.807, 2.05) is 0 Å². The van der Waals surface area contributed by atoms with Gasteiger partial charge in [0, 0.05) is 25.2 Å². The first-order valence-corrected chi connectivity index (χ1v) is 7.00. The van der Waals surface area contributed by atoms with Crippen molar-refractivity contribution in [2.45, 2.75) is 25.9 Å². The molecule has 0 aliphatic carbocycles. The molecule has 96 valence electrons. The third-order valence-corrected chi connectivity index (χ3v) is 4.25. The van der Waals surface area contributed by atoms with Crippen LogP contribution in [0.25, 0.3) is 10.2 Å². The van der Waals surface area contributed by atoms with Crippen molar-refractivity contribution in [3.63, 3.8) is 0 Å². The smallest absolute Gasteiger partial charge is 0.186 e. The molecule has 1 aromatic carbocycles. The van der Waals surface area contributed by atoms with Crippen molar-refractivity contribution in [1.29, 1.82) is 0 Å². The van der Waals surface area contributed by atoms with Crippen LogP contribution in [0, 0.1) is 5.82 Å². The van der Waals surface area contributed by atoms with E-state index in [1.165, 1.54) is 6.07 Å². The van der Waals surface area contributed by atoms with Gasteiger partial charge < -0.3 is 10.2 Å². The van der Waals surface area contributed by atoms with Gasteiger partial charge in [-0.05, 0) is 32.0 Å². The number of aromatic nitrogens is 1. The molecule has 0 spiro atoms. The zero-order chi connectivity index (χ0) is 12.7. The van der Waals surface area contributed by atoms with Crippen LogP contribution in [-0.4, -0.2) is 30.2 Å². The number of fused-ring (bicyclic) bond motifs is 1. The van der Waals surface area contributed by atoms with Crippen molar-refractivity contribution in [3.8, 4) is 0 Å². The van der Waals surface area contributed by atoms with Crippen LogP contribution in [0.15, 0.2) is 18.2 Å². The Bertz CT molecular complexity index is 558. The monoisotopic (exact) mass is 265 g/mol. The summed E-state index contributed by atoms with van der Waals surface area (Å²) in [5.41, 5.74) is 0.884. The third kappa shape index (κ3) is 2.20. The number of halogens is 1. The van der Waals surface area contributed by atoms with Gasteiger partial charge in [-0.2, -0.15) is 0 Å². The van der Waals surface area contributed by atoms with E-state index in [4.69, 9.17) is 0 Å². The van der Waals surface area contributed by atoms with Gasteiger partial charge in [0.1, 0.15) is 5.82 Å². The molecule has 1 N–H and O–H groups in total. The van der Waals surface area contributed by atoms with Crippen LogP contribution >= 0.6 is 11.3 Å². The number of hydrogen-bond acceptors (Lipinski definition) is 4. The van der Waals surface area contributed by atoms with Gasteiger partial charge in [-0.1, -0.05) is 11.3 Å². The summed E-state index contributed by atoms with van der Waals surface area (Å²) in [7, 11) is 0. The van der Waals surface area contributed by atoms with E-state index in [0.717, 1.165) is 28.4 Å². The number of nitrogens with one attached hydrogen (secondary N) is 1. The Hall–Kier alpha value is -1.20. The van der Waals surface area contributed by atoms with Gasteiger partial charge in [-0.25, -0.2) is 9.37 Å². The Morgan fingerprint density at radius 1 is 1.33 bits per heavy atom. The lowest BCUT2D eigenvalue weighted by molar-refractivity contribution is 0.407. The summed E-state index contributed by atoms with van der Waals surface area (Å²) in [6, 6.07) is 5.69. The standard InChI is InChI=1S/C13H16FN3S/c1-8-6-17(7-9(2)15-8)13-16-11-4-3-10(14)5-12(11)18-13/h3-5,8-9,15H,6-7H2,1-2H3/t8-,9+. The highest BCUT2D eigenvalue weighted by atomic mass is 32.1. The second kappa shape index (κ2) is 4.48. The van der Waals surface area contributed by atoms with Crippen molar-refractivity contribution in [2.75, 3.05) is 18.0 Å². The molecular weight excluding hydrogens is 249 g/mol. The van der Waals surface area contributed by atoms with Crippen molar-refractivity contribution in [2.24, 2.45) is 0 Å². The van der Waals surface area contributed by atoms with Crippen molar-refractivity contribution in [3.05, 3.63) is 24.0 Å². The fraction of sp³-hybridized carbons (Fsp3) is 0.462. The predicted molar refractivity (Wildman–Crippen MR) is 73.9 cm³/mol. The van der Waals surface area contributed by atoms with Gasteiger partial charge in [0.15, 0.2) is 5.13 Å². The summed E-state index contributed by atoms with van der Waals surface area (Å²) in [5.74, 6) is -0.195. The van der Waals surface area contributed by atoms with Crippen LogP contribution in [0.3, 0.4) is 0 Å². The summed E-state index contributed by atoms with van der Waals surface area (Å²) in [6.07, 6.45) is 0. The van der Waals surface area contributed by atoms with Crippen molar-refractivity contribution >= 4 is 26.7 Å². The number of anilines is 1. The Kier molecular flexibility index (Phi) is 2.95. The van der Waals surface area contributed by atoms with Gasteiger partial charge in [-0.15, -0.1) is 0 Å². The molecule has 0 amide bonds. The zero-order valence-corrected chi connectivity index (χ0v) is 11.3. The number of rotatable bonds is 1. The van der Waals surface area contributed by atoms with Crippen LogP contribution in [-0.2, 0) is 0 Å². The summed E-state index contributed by atoms with van der Waals surface area (Å²) in [6.45, 7) is 6.25. The van der Waals surface area contributed by atoms with Crippen LogP contribution in [0.4, 0.5) is 9.52 Å². The summed E-state index contributed by atoms with van der Waals surface area (Å²) >= 11 is 1.57. The summed E-state index contributed by atoms with van der Waals surface area (Å²) in [4.78, 5) is 6.88. The average molecular weight is 265 g/mol. The first kappa shape index (κ1) is 11.9. The Balaban J connectivity index is 1.93. The highest BCUT2D eigenvalue weighted by Gasteiger charge is 2.23. The molecule has 3 nitrogen and oxygen atoms in total. The van der Waals surface area contributed by atoms with Crippen LogP contribution in [0.2, 0.25) is 0 Å². The Morgan fingerprint density at radius 3 is 2.78 bits per heavy atom. The molecule has 3 rings (SSSR count). The second-order valence-corrected chi connectivity index (χ2v) is 5.99. The molecule has 2 atom stereocenters. The first-order chi connectivity index (χ1) is 8.61. The van der Waals surface area contributed by atoms with E-state index in [1.54, 1.807) is 23.5 Å². The lowest BCUT2D eigenvalue weighted by Crippen LogP contribution is -2.54. The fourth-order valence-electron chi connectivity index (χ4n) is 2.50. The normalized spacial score (nSPS) is 24.7. The second-order valence-electron chi connectivity index (χ2n) is 4.98. The van der Waals surface area contributed by atoms with E-state index in [2.05, 4.69) is 29.0 Å². The van der Waals surface area contributed by atoms with Crippen molar-refractivity contribution < 1.29 is 4.39 Å². The largest absolute Gasteiger partial charge is 0.345 e. The van der Waals surface area contributed by atoms with E-state index in [9.17, 15) is 4.39 Å². The van der Waals surface area contributed by atoms with E-state index < -0.39 is 0 Å². The maximum atomic E-state index is 13.2. The SMILES string of the molecule is C[C@@H]1CN(c2nc3ccc(F)cc3s2)C[C@H](C)N1. The predicted octanol–water partition coefficient (Wildman–Crippen LogP) is 2.62. The highest BCUT2D eigenvalue weighted by Crippen LogP contribution is 2.30. The minimum absolute atomic E-state index is 0.195. The average Bonchev–Trinajstić information content (AvgIpc) is 2.70. The van der Waals surface area contributed by atoms with Gasteiger partial charge in [0.25, 0.3) is 0 Å². The number of benzene rings is 1. The molecule has 1 aromatic heterocycles. The summed E-state index contributed by atoms with van der Waals surface area (Å²) in [5, 5.41) is 4.49. The molecule has 5 heteroatoms. The quantitative estimate of drug-likeness (QED) is 0.859. The van der Waals surface area contributed by atoms with Gasteiger partial charge in [-0.3, -0.25) is 0 Å². The molecule has 2 aromatic rings. The molecule has 1 aliphatic heterocycles. The lowest BCUT2D eigenvalue weighted by atomic mass is 10.2. The minimum atomic E-state index is -0.195. The van der Waals surface area contributed by atoms with Gasteiger partial charge in [0.2, 0.25) is 0 Å². The molecule has 0 radical (unpaired) electrons. The number of piperazine rings is 1. The van der Waals surface area contributed by atoms with Crippen LogP contribution < -0.4 is 10.2 Å². The van der Waals surface area contributed by atoms with Gasteiger partial charge >= 0.3 is 0 Å². The molecule has 1 fully saturated rings. The number of thiazole rings is 1. The third-order valence-electron chi connectivity index (χ3n) is 3.17. The highest BCUT2D eigenvalue weighted by molar-refractivity contribution is 7.22. The van der Waals surface area contributed by atoms with E-state index >= 15 is 0 Å². The van der Waals surface area contributed by atoms with E-state index in [-0.39, 0.29) is 5.82 Å². The molecular formula is C13H16FN3S. The lowest BCUT2D eigenvalue weighted by Gasteiger charge is -2.35. The minimum Gasteiger partial charge on any atom is -0.345 e. The molecule has 0 saturated carbocycles. The Morgan fingerprint density at radius 2 is 2.06 bits per heavy atom. The topological polar surface area (TPSA) is 28.2 Å². The number of hydrogen-bond donors (Lipinski definition) is 1. The van der Waals surface area contributed by atoms with Gasteiger partial charge in [0.05, 0.1) is 10.2 Å². The molecule has 1 saturated heterocycles. The molecule has 2 heterocycles. The van der Waals surface area contributed by atoms with Crippen molar-refractivity contribution in [1.82, 2.24) is 10.3 Å². The fourth-order valence-corrected chi connectivity index (χ4v) is 3.51. The number of nitrogens with zero attached hydrogens (tertiary/aromatic N) is 2. The zero-order valence-electron chi connectivity index (χ0n) is 10.5. The molecule has 0 unspecified atom stereocenters. The van der Waals surface area contributed by atoms with Crippen LogP contribution in [0.1, 0.15) is 13.8 Å². The summed E-state index contributed by atoms with van der Waals surface area (Å²) < 4.78 is 14.1. The van der Waals surface area contributed by atoms with Crippen LogP contribution in [0.5, 0.6) is 0 Å². The van der Waals surface area contributed by atoms with E-state index in [0.29, 0.717) is 12.1 Å². The molecule has 0 bridgehead atoms. The maximum absolute atomic E-state index is 13.2.